The van der Waals surface area contributed by atoms with Gasteiger partial charge in [-0.2, -0.15) is 0 Å². The lowest BCUT2D eigenvalue weighted by molar-refractivity contribution is 0.453. The molecule has 8 aromatic heterocycles. The van der Waals surface area contributed by atoms with Gasteiger partial charge in [0.25, 0.3) is 0 Å². The first-order valence-corrected chi connectivity index (χ1v) is 43.8. The van der Waals surface area contributed by atoms with Gasteiger partial charge in [-0.1, -0.05) is 266 Å². The Morgan fingerprint density at radius 1 is 0.215 bits per heavy atom. The topological polar surface area (TPSA) is 127 Å². The molecule has 0 aliphatic carbocycles. The highest BCUT2D eigenvalue weighted by molar-refractivity contribution is 6.32. The monoisotopic (exact) mass is 1680 g/mol. The Hall–Kier alpha value is -17.0. The van der Waals surface area contributed by atoms with Crippen LogP contribution in [0.1, 0.15) is 0 Å². The van der Waals surface area contributed by atoms with Crippen LogP contribution in [0.5, 0.6) is 5.75 Å². The second kappa shape index (κ2) is 29.9. The average Bonchev–Trinajstić information content (AvgIpc) is 1.39. The summed E-state index contributed by atoms with van der Waals surface area (Å²) in [4.78, 5) is 20.3. The van der Waals surface area contributed by atoms with E-state index in [9.17, 15) is 0 Å². The van der Waals surface area contributed by atoms with Crippen LogP contribution < -0.4 is 4.65 Å². The highest BCUT2D eigenvalue weighted by atomic mass is 35.5. The molecule has 0 bridgehead atoms. The maximum atomic E-state index is 9.15. The third-order valence-corrected chi connectivity index (χ3v) is 26.2. The van der Waals surface area contributed by atoms with Crippen LogP contribution in [0.15, 0.2) is 421 Å². The van der Waals surface area contributed by atoms with E-state index in [1.807, 2.05) is 48.5 Å². The third-order valence-electron chi connectivity index (χ3n) is 26.0. The minimum atomic E-state index is 0.537. The number of nitrogens with zero attached hydrogens (tertiary/aromatic N) is 8. The zero-order chi connectivity index (χ0) is 85.8. The largest absolute Gasteiger partial charge is 0.569 e. The molecule has 1 radical (unpaired) electrons. The number of hydrogen-bond acceptors (Lipinski definition) is 8. The highest BCUT2D eigenvalue weighted by Gasteiger charge is 2.24. The van der Waals surface area contributed by atoms with Gasteiger partial charge in [-0.05, 0) is 207 Å². The van der Waals surface area contributed by atoms with E-state index in [-0.39, 0.29) is 0 Å². The molecule has 0 amide bonds. The second-order valence-corrected chi connectivity index (χ2v) is 33.6. The number of furan rings is 2. The van der Waals surface area contributed by atoms with Crippen molar-refractivity contribution in [1.29, 1.82) is 0 Å². The van der Waals surface area contributed by atoms with Crippen LogP contribution in [0.3, 0.4) is 0 Å². The highest BCUT2D eigenvalue weighted by Crippen LogP contribution is 2.46. The van der Waals surface area contributed by atoms with Gasteiger partial charge >= 0.3 is 7.69 Å². The van der Waals surface area contributed by atoms with Crippen LogP contribution in [0.25, 0.3) is 253 Å². The molecule has 12 nitrogen and oxygen atoms in total. The van der Waals surface area contributed by atoms with E-state index in [4.69, 9.17) is 50.0 Å². The zero-order valence-corrected chi connectivity index (χ0v) is 70.2. The van der Waals surface area contributed by atoms with Crippen molar-refractivity contribution in [3.05, 3.63) is 418 Å². The predicted octanol–water partition coefficient (Wildman–Crippen LogP) is 30.3. The minimum Gasteiger partial charge on any atom is -0.537 e. The van der Waals surface area contributed by atoms with Crippen molar-refractivity contribution in [2.24, 2.45) is 0 Å². The summed E-state index contributed by atoms with van der Waals surface area (Å²) in [6.45, 7) is 0. The normalized spacial score (nSPS) is 11.9. The molecule has 14 heteroatoms. The standard InChI is InChI=1S/C58H34N4O.C36H24BN2O2.C22H11ClN2O/c1-2-14-39(15-3-1)61-50-23-10-8-19-43(50)47-32-36(25-28-52(47)61)37-26-29-53-48(33-37)44-20-9-11-24-51(44)62(53)40-16-12-13-35(31-40)38-27-30-54-49(34-38)57-58(63-54)60-56-46-22-7-5-18-42(46)41-17-4-6-21-45(41)55(56)59-57;40-37-41-28-12-8-11-27(23-28)39-34-16-7-5-14-30(34)32-22-25(18-20-36(32)39)24-17-19-35-31(21-24)29-13-4-6-15-33(29)38(35)26-9-2-1-3-10-26;23-12-9-10-18-17(11-12)21-22(26-18)25-20-16-8-4-2-6-14(16)13-5-1-3-7-15(13)19(20)24-21/h1-34H;1-23,40H;1-11H. The SMILES string of the molecule is Clc1ccc2oc3nc4c5ccccc5c5ccccc5c4nc3c2c1.O[B]Oc1cccc(-n2c3ccccc3c3cc(-c4ccc5c(c4)c4ccccc4n5-c4ccccc4)ccc32)c1.c1ccc(-n2c3ccccc3c3cc(-c4ccc5c(c4)c4ccccc4n5-c4cccc(-c5ccc6oc7nc8c9ccccc9c9ccccc9c8nc7c6c5)c4)ccc32)cc1. The lowest BCUT2D eigenvalue weighted by Crippen LogP contribution is -2.01. The molecule has 8 heterocycles. The first-order chi connectivity index (χ1) is 64.3. The van der Waals surface area contributed by atoms with Crippen molar-refractivity contribution in [3.8, 4) is 61.9 Å². The quantitative estimate of drug-likeness (QED) is 0.112. The molecule has 0 aliphatic rings. The zero-order valence-electron chi connectivity index (χ0n) is 69.5. The van der Waals surface area contributed by atoms with Crippen molar-refractivity contribution < 1.29 is 18.5 Å². The van der Waals surface area contributed by atoms with Gasteiger partial charge in [-0.15, -0.1) is 0 Å². The molecule has 0 saturated carbocycles. The van der Waals surface area contributed by atoms with Crippen LogP contribution in [-0.2, 0) is 0 Å². The molecular formula is C116H69BClN8O4. The maximum absolute atomic E-state index is 9.15. The number of aromatic nitrogens is 8. The Morgan fingerprint density at radius 2 is 0.500 bits per heavy atom. The van der Waals surface area contributed by atoms with Crippen LogP contribution in [-0.4, -0.2) is 50.9 Å². The van der Waals surface area contributed by atoms with Gasteiger partial charge in [0.1, 0.15) is 39.0 Å². The fraction of sp³-hybridized carbons (Fsp3) is 0. The minimum absolute atomic E-state index is 0.537. The van der Waals surface area contributed by atoms with Crippen LogP contribution in [0, 0.1) is 0 Å². The molecule has 0 aliphatic heterocycles. The molecule has 607 valence electrons. The molecule has 0 saturated heterocycles. The molecule has 0 atom stereocenters. The summed E-state index contributed by atoms with van der Waals surface area (Å²) >= 11 is 6.18. The van der Waals surface area contributed by atoms with E-state index in [1.54, 1.807) is 0 Å². The lowest BCUT2D eigenvalue weighted by Gasteiger charge is -2.11. The van der Waals surface area contributed by atoms with E-state index >= 15 is 0 Å². The Kier molecular flexibility index (Phi) is 17.1. The number of para-hydroxylation sites is 6. The Balaban J connectivity index is 0.000000113. The Morgan fingerprint density at radius 3 is 0.892 bits per heavy atom. The van der Waals surface area contributed by atoms with Gasteiger partial charge in [-0.25, -0.2) is 19.9 Å². The first-order valence-electron chi connectivity index (χ1n) is 43.4. The van der Waals surface area contributed by atoms with Crippen LogP contribution in [0.4, 0.5) is 0 Å². The molecule has 20 aromatic carbocycles. The number of benzene rings is 20. The smallest absolute Gasteiger partial charge is 0.537 e. The lowest BCUT2D eigenvalue weighted by atomic mass is 9.99. The van der Waals surface area contributed by atoms with E-state index in [2.05, 4.69) is 382 Å². The number of rotatable bonds is 9. The Labute approximate surface area is 747 Å². The van der Waals surface area contributed by atoms with Crippen molar-refractivity contribution in [2.45, 2.75) is 0 Å². The molecular weight excluding hydrogens is 1620 g/mol. The number of hydrogen-bond donors (Lipinski definition) is 1. The summed E-state index contributed by atoms with van der Waals surface area (Å²) in [5, 5.41) is 30.5. The van der Waals surface area contributed by atoms with Gasteiger partial charge in [0.15, 0.2) is 0 Å². The van der Waals surface area contributed by atoms with Crippen molar-refractivity contribution >= 4 is 216 Å². The summed E-state index contributed by atoms with van der Waals surface area (Å²) in [5.74, 6) is 0.579. The third kappa shape index (κ3) is 11.9. The fourth-order valence-electron chi connectivity index (χ4n) is 20.2. The average molecular weight is 1690 g/mol. The summed E-state index contributed by atoms with van der Waals surface area (Å²) in [7, 11) is 0.714. The predicted molar refractivity (Wildman–Crippen MR) is 537 cm³/mol. The van der Waals surface area contributed by atoms with Crippen molar-refractivity contribution in [2.75, 3.05) is 0 Å². The summed E-state index contributed by atoms with van der Waals surface area (Å²) in [6.07, 6.45) is 0. The van der Waals surface area contributed by atoms with Gasteiger partial charge < -0.3 is 36.8 Å². The molecule has 0 unspecified atom stereocenters. The van der Waals surface area contributed by atoms with E-state index in [0.29, 0.717) is 29.9 Å². The van der Waals surface area contributed by atoms with E-state index in [1.165, 1.54) is 109 Å². The summed E-state index contributed by atoms with van der Waals surface area (Å²) in [6, 6.07) is 145. The second-order valence-electron chi connectivity index (χ2n) is 33.2. The van der Waals surface area contributed by atoms with Gasteiger partial charge in [0, 0.05) is 104 Å². The number of halogens is 1. The molecule has 28 rings (SSSR count). The van der Waals surface area contributed by atoms with Crippen LogP contribution in [0.2, 0.25) is 5.02 Å². The van der Waals surface area contributed by atoms with Crippen molar-refractivity contribution in [3.63, 3.8) is 0 Å². The van der Waals surface area contributed by atoms with Gasteiger partial charge in [0.2, 0.25) is 11.4 Å². The molecule has 28 aromatic rings. The van der Waals surface area contributed by atoms with E-state index < -0.39 is 0 Å². The van der Waals surface area contributed by atoms with E-state index in [0.717, 1.165) is 132 Å². The van der Waals surface area contributed by atoms with Gasteiger partial charge in [-0.3, -0.25) is 0 Å². The summed E-state index contributed by atoms with van der Waals surface area (Å²) < 4.78 is 27.0. The van der Waals surface area contributed by atoms with Gasteiger partial charge in [0.05, 0.1) is 60.6 Å². The Bertz CT molecular complexity index is 9590. The molecule has 0 spiro atoms. The van der Waals surface area contributed by atoms with Crippen molar-refractivity contribution in [1.82, 2.24) is 38.2 Å². The molecule has 0 fully saturated rings. The number of fused-ring (bicyclic) bond motifs is 30. The molecule has 1 N–H and O–H groups in total. The maximum Gasteiger partial charge on any atom is 0.569 e. The molecule has 130 heavy (non-hydrogen) atoms. The summed E-state index contributed by atoms with van der Waals surface area (Å²) in [5.41, 5.74) is 28.3. The van der Waals surface area contributed by atoms with Crippen LogP contribution >= 0.6 is 11.6 Å². The fourth-order valence-corrected chi connectivity index (χ4v) is 20.4. The first kappa shape index (κ1) is 74.5.